The molecule has 4 heteroatoms. The Hall–Kier alpha value is -0.800. The molecule has 16 heavy (non-hydrogen) atoms. The number of halogens is 2. The van der Waals surface area contributed by atoms with Crippen LogP contribution in [0.25, 0.3) is 0 Å². The van der Waals surface area contributed by atoms with E-state index < -0.39 is 0 Å². The fraction of sp³-hybridized carbons (Fsp3) is 0.250. The number of nitrogens with one attached hydrogen (secondary N) is 1. The first kappa shape index (κ1) is 11.7. The van der Waals surface area contributed by atoms with Gasteiger partial charge in [-0.05, 0) is 53.4 Å². The maximum Gasteiger partial charge on any atom is 0.127 e. The van der Waals surface area contributed by atoms with E-state index in [0.29, 0.717) is 0 Å². The van der Waals surface area contributed by atoms with Crippen molar-refractivity contribution in [2.75, 3.05) is 0 Å². The quantitative estimate of drug-likeness (QED) is 0.914. The van der Waals surface area contributed by atoms with E-state index in [1.54, 1.807) is 0 Å². The van der Waals surface area contributed by atoms with E-state index in [9.17, 15) is 0 Å². The predicted molar refractivity (Wildman–Crippen MR) is 69.9 cm³/mol. The van der Waals surface area contributed by atoms with E-state index in [0.717, 1.165) is 34.0 Å². The largest absolute Gasteiger partial charge is 0.345 e. The number of H-pyrrole nitrogens is 1. The molecule has 0 atom stereocenters. The van der Waals surface area contributed by atoms with Gasteiger partial charge in [0.05, 0.1) is 0 Å². The van der Waals surface area contributed by atoms with Crippen molar-refractivity contribution in [2.45, 2.75) is 19.8 Å². The normalized spacial score (nSPS) is 10.7. The minimum atomic E-state index is 0.789. The molecule has 0 aliphatic rings. The highest BCUT2D eigenvalue weighted by molar-refractivity contribution is 9.10. The smallest absolute Gasteiger partial charge is 0.127 e. The maximum absolute atomic E-state index is 5.93. The zero-order chi connectivity index (χ0) is 11.5. The van der Waals surface area contributed by atoms with E-state index in [4.69, 9.17) is 11.6 Å². The van der Waals surface area contributed by atoms with Gasteiger partial charge in [0, 0.05) is 10.7 Å². The molecule has 84 valence electrons. The van der Waals surface area contributed by atoms with Gasteiger partial charge < -0.3 is 4.98 Å². The number of nitrogens with zero attached hydrogens (tertiary/aromatic N) is 1. The molecule has 0 bridgehead atoms. The molecule has 2 rings (SSSR count). The lowest BCUT2D eigenvalue weighted by Gasteiger charge is -2.01. The molecule has 2 nitrogen and oxygen atoms in total. The predicted octanol–water partition coefficient (Wildman–Crippen LogP) is 3.92. The molecule has 0 aliphatic heterocycles. The van der Waals surface area contributed by atoms with Crippen LogP contribution in [-0.4, -0.2) is 9.97 Å². The first-order valence-electron chi connectivity index (χ1n) is 5.10. The lowest BCUT2D eigenvalue weighted by molar-refractivity contribution is 0.915. The SMILES string of the molecule is Cc1nc(Br)c(CCc2cccc(Cl)c2)[nH]1. The lowest BCUT2D eigenvalue weighted by atomic mass is 10.1. The Bertz CT molecular complexity index is 494. The van der Waals surface area contributed by atoms with Crippen molar-refractivity contribution in [3.63, 3.8) is 0 Å². The molecule has 1 N–H and O–H groups in total. The number of hydrogen-bond acceptors (Lipinski definition) is 1. The van der Waals surface area contributed by atoms with Crippen molar-refractivity contribution in [3.8, 4) is 0 Å². The third-order valence-corrected chi connectivity index (χ3v) is 3.29. The first-order chi connectivity index (χ1) is 7.65. The molecular weight excluding hydrogens is 288 g/mol. The van der Waals surface area contributed by atoms with E-state index in [1.807, 2.05) is 25.1 Å². The molecule has 0 saturated carbocycles. The molecule has 0 aliphatic carbocycles. The zero-order valence-electron chi connectivity index (χ0n) is 8.93. The first-order valence-corrected chi connectivity index (χ1v) is 6.27. The summed E-state index contributed by atoms with van der Waals surface area (Å²) in [5.74, 6) is 0.938. The van der Waals surface area contributed by atoms with E-state index in [1.165, 1.54) is 5.56 Å². The summed E-state index contributed by atoms with van der Waals surface area (Å²) in [6, 6.07) is 7.95. The van der Waals surface area contributed by atoms with Gasteiger partial charge in [0.25, 0.3) is 0 Å². The number of rotatable bonds is 3. The summed E-state index contributed by atoms with van der Waals surface area (Å²) in [5, 5.41) is 0.789. The topological polar surface area (TPSA) is 28.7 Å². The van der Waals surface area contributed by atoms with E-state index in [2.05, 4.69) is 32.0 Å². The number of aromatic amines is 1. The standard InChI is InChI=1S/C12H12BrClN2/c1-8-15-11(12(13)16-8)6-5-9-3-2-4-10(14)7-9/h2-4,7H,5-6H2,1H3,(H,15,16). The number of aryl methyl sites for hydroxylation is 3. The highest BCUT2D eigenvalue weighted by Gasteiger charge is 2.05. The maximum atomic E-state index is 5.93. The van der Waals surface area contributed by atoms with Gasteiger partial charge in [-0.25, -0.2) is 4.98 Å². The number of hydrogen-bond donors (Lipinski definition) is 1. The van der Waals surface area contributed by atoms with Crippen LogP contribution in [0.1, 0.15) is 17.1 Å². The molecule has 0 radical (unpaired) electrons. The third kappa shape index (κ3) is 2.86. The van der Waals surface area contributed by atoms with E-state index >= 15 is 0 Å². The summed E-state index contributed by atoms with van der Waals surface area (Å²) in [7, 11) is 0. The summed E-state index contributed by atoms with van der Waals surface area (Å²) >= 11 is 9.37. The number of aromatic nitrogens is 2. The highest BCUT2D eigenvalue weighted by atomic mass is 79.9. The Morgan fingerprint density at radius 2 is 2.19 bits per heavy atom. The second-order valence-electron chi connectivity index (χ2n) is 3.72. The van der Waals surface area contributed by atoms with Crippen LogP contribution in [0.5, 0.6) is 0 Å². The van der Waals surface area contributed by atoms with Crippen LogP contribution in [0.4, 0.5) is 0 Å². The van der Waals surface area contributed by atoms with Gasteiger partial charge >= 0.3 is 0 Å². The van der Waals surface area contributed by atoms with Crippen molar-refractivity contribution in [3.05, 3.63) is 51.0 Å². The van der Waals surface area contributed by atoms with Crippen LogP contribution < -0.4 is 0 Å². The molecule has 1 heterocycles. The molecule has 1 aromatic carbocycles. The van der Waals surface area contributed by atoms with Crippen molar-refractivity contribution in [1.29, 1.82) is 0 Å². The molecule has 0 spiro atoms. The molecule has 2 aromatic rings. The van der Waals surface area contributed by atoms with Crippen LogP contribution >= 0.6 is 27.5 Å². The molecule has 0 fully saturated rings. The second-order valence-corrected chi connectivity index (χ2v) is 4.91. The Labute approximate surface area is 108 Å². The average molecular weight is 300 g/mol. The molecular formula is C12H12BrClN2. The van der Waals surface area contributed by atoms with Crippen molar-refractivity contribution < 1.29 is 0 Å². The summed E-state index contributed by atoms with van der Waals surface area (Å²) in [4.78, 5) is 7.51. The van der Waals surface area contributed by atoms with Gasteiger partial charge in [0.2, 0.25) is 0 Å². The zero-order valence-corrected chi connectivity index (χ0v) is 11.3. The van der Waals surface area contributed by atoms with Gasteiger partial charge in [-0.3, -0.25) is 0 Å². The Kier molecular flexibility index (Phi) is 3.66. The lowest BCUT2D eigenvalue weighted by Crippen LogP contribution is -1.92. The van der Waals surface area contributed by atoms with Crippen molar-refractivity contribution in [2.24, 2.45) is 0 Å². The van der Waals surface area contributed by atoms with Gasteiger partial charge in [0.15, 0.2) is 0 Å². The second kappa shape index (κ2) is 5.02. The summed E-state index contributed by atoms with van der Waals surface area (Å²) in [6.07, 6.45) is 1.89. The molecule has 0 amide bonds. The number of imidazole rings is 1. The van der Waals surface area contributed by atoms with Crippen molar-refractivity contribution >= 4 is 27.5 Å². The summed E-state index contributed by atoms with van der Waals surface area (Å²) < 4.78 is 0.909. The third-order valence-electron chi connectivity index (χ3n) is 2.40. The van der Waals surface area contributed by atoms with Gasteiger partial charge in [0.1, 0.15) is 10.4 Å². The summed E-state index contributed by atoms with van der Waals surface area (Å²) in [5.41, 5.74) is 2.38. The Balaban J connectivity index is 2.05. The van der Waals surface area contributed by atoms with Crippen molar-refractivity contribution in [1.82, 2.24) is 9.97 Å². The number of benzene rings is 1. The van der Waals surface area contributed by atoms with Crippen LogP contribution in [0.3, 0.4) is 0 Å². The average Bonchev–Trinajstić information content (AvgIpc) is 2.54. The van der Waals surface area contributed by atoms with Crippen LogP contribution in [0.15, 0.2) is 28.9 Å². The van der Waals surface area contributed by atoms with Crippen LogP contribution in [0, 0.1) is 6.92 Å². The molecule has 1 aromatic heterocycles. The summed E-state index contributed by atoms with van der Waals surface area (Å²) in [6.45, 7) is 1.95. The van der Waals surface area contributed by atoms with Crippen LogP contribution in [0.2, 0.25) is 5.02 Å². The Morgan fingerprint density at radius 1 is 1.38 bits per heavy atom. The highest BCUT2D eigenvalue weighted by Crippen LogP contribution is 2.17. The van der Waals surface area contributed by atoms with E-state index in [-0.39, 0.29) is 0 Å². The minimum absolute atomic E-state index is 0.789. The monoisotopic (exact) mass is 298 g/mol. The molecule has 0 unspecified atom stereocenters. The fourth-order valence-electron chi connectivity index (χ4n) is 1.64. The van der Waals surface area contributed by atoms with Gasteiger partial charge in [-0.2, -0.15) is 0 Å². The van der Waals surface area contributed by atoms with Gasteiger partial charge in [-0.15, -0.1) is 0 Å². The molecule has 0 saturated heterocycles. The van der Waals surface area contributed by atoms with Crippen LogP contribution in [-0.2, 0) is 12.8 Å². The Morgan fingerprint density at radius 3 is 2.81 bits per heavy atom. The van der Waals surface area contributed by atoms with Gasteiger partial charge in [-0.1, -0.05) is 23.7 Å². The minimum Gasteiger partial charge on any atom is -0.345 e. The fourth-order valence-corrected chi connectivity index (χ4v) is 2.42.